The van der Waals surface area contributed by atoms with Crippen LogP contribution in [0.25, 0.3) is 0 Å². The van der Waals surface area contributed by atoms with Gasteiger partial charge in [0.25, 0.3) is 0 Å². The number of carbonyl (C=O) groups excluding carboxylic acids is 1. The average Bonchev–Trinajstić information content (AvgIpc) is 2.35. The van der Waals surface area contributed by atoms with Gasteiger partial charge in [0.15, 0.2) is 0 Å². The number of anilines is 1. The minimum atomic E-state index is -1.00. The molecule has 0 aliphatic carbocycles. The number of aromatic carboxylic acids is 1. The third kappa shape index (κ3) is 3.24. The van der Waals surface area contributed by atoms with E-state index < -0.39 is 17.7 Å². The van der Waals surface area contributed by atoms with Crippen molar-refractivity contribution >= 4 is 17.7 Å². The molecule has 0 spiro atoms. The number of amides is 1. The van der Waals surface area contributed by atoms with Crippen molar-refractivity contribution in [1.82, 2.24) is 0 Å². The molecule has 1 aromatic rings. The van der Waals surface area contributed by atoms with Crippen molar-refractivity contribution in [2.24, 2.45) is 0 Å². The van der Waals surface area contributed by atoms with Crippen molar-refractivity contribution in [3.8, 4) is 0 Å². The van der Waals surface area contributed by atoms with Crippen molar-refractivity contribution in [2.45, 2.75) is 52.1 Å². The molecular formula is C17H23NO4. The Balaban J connectivity index is 2.46. The summed E-state index contributed by atoms with van der Waals surface area (Å²) in [5, 5.41) is 9.19. The van der Waals surface area contributed by atoms with Gasteiger partial charge >= 0.3 is 12.1 Å². The van der Waals surface area contributed by atoms with Crippen molar-refractivity contribution in [3.63, 3.8) is 0 Å². The standard InChI is InChI=1S/C17H23NO4/c1-16(2,3)22-15(21)18-9-8-17(4,5)12-7-6-11(14(19)20)10-13(12)18/h6-7,10H,8-9H2,1-5H3,(H,19,20). The number of carboxylic acid groups (broad SMARTS) is 1. The fraction of sp³-hybridized carbons (Fsp3) is 0.529. The van der Waals surface area contributed by atoms with Gasteiger partial charge in [0, 0.05) is 6.54 Å². The normalized spacial score (nSPS) is 16.9. The maximum atomic E-state index is 12.4. The zero-order valence-corrected chi connectivity index (χ0v) is 13.8. The Hall–Kier alpha value is -2.04. The Morgan fingerprint density at radius 1 is 1.27 bits per heavy atom. The highest BCUT2D eigenvalue weighted by molar-refractivity contribution is 5.94. The first-order chi connectivity index (χ1) is 10.0. The molecule has 0 saturated heterocycles. The van der Waals surface area contributed by atoms with Crippen LogP contribution >= 0.6 is 0 Å². The number of nitrogens with zero attached hydrogens (tertiary/aromatic N) is 1. The monoisotopic (exact) mass is 305 g/mol. The third-order valence-electron chi connectivity index (χ3n) is 3.84. The molecule has 1 aromatic carbocycles. The zero-order valence-electron chi connectivity index (χ0n) is 13.8. The summed E-state index contributed by atoms with van der Waals surface area (Å²) in [4.78, 5) is 25.2. The largest absolute Gasteiger partial charge is 0.478 e. The zero-order chi connectivity index (χ0) is 16.7. The van der Waals surface area contributed by atoms with Gasteiger partial charge < -0.3 is 9.84 Å². The molecule has 0 unspecified atom stereocenters. The van der Waals surface area contributed by atoms with E-state index in [4.69, 9.17) is 4.74 Å². The van der Waals surface area contributed by atoms with E-state index in [0.29, 0.717) is 12.2 Å². The molecule has 0 aromatic heterocycles. The van der Waals surface area contributed by atoms with Crippen LogP contribution in [-0.4, -0.2) is 29.3 Å². The second-order valence-electron chi connectivity index (χ2n) is 7.30. The van der Waals surface area contributed by atoms with Crippen LogP contribution in [0.2, 0.25) is 0 Å². The minimum absolute atomic E-state index is 0.106. The summed E-state index contributed by atoms with van der Waals surface area (Å²) in [6.45, 7) is 10.1. The smallest absolute Gasteiger partial charge is 0.414 e. The first kappa shape index (κ1) is 16.3. The Morgan fingerprint density at radius 2 is 1.91 bits per heavy atom. The number of carbonyl (C=O) groups is 2. The molecule has 1 amide bonds. The van der Waals surface area contributed by atoms with Crippen LogP contribution in [0.5, 0.6) is 0 Å². The lowest BCUT2D eigenvalue weighted by Gasteiger charge is -2.39. The quantitative estimate of drug-likeness (QED) is 0.856. The van der Waals surface area contributed by atoms with E-state index in [9.17, 15) is 14.7 Å². The molecule has 22 heavy (non-hydrogen) atoms. The second-order valence-corrected chi connectivity index (χ2v) is 7.30. The number of rotatable bonds is 1. The second kappa shape index (κ2) is 5.30. The van der Waals surface area contributed by atoms with Gasteiger partial charge in [0.1, 0.15) is 5.60 Å². The number of benzene rings is 1. The van der Waals surface area contributed by atoms with Gasteiger partial charge in [-0.15, -0.1) is 0 Å². The van der Waals surface area contributed by atoms with E-state index in [1.54, 1.807) is 18.2 Å². The minimum Gasteiger partial charge on any atom is -0.478 e. The summed E-state index contributed by atoms with van der Waals surface area (Å²) in [6.07, 6.45) is 0.359. The van der Waals surface area contributed by atoms with Gasteiger partial charge in [-0.1, -0.05) is 19.9 Å². The van der Waals surface area contributed by atoms with Crippen LogP contribution in [0.4, 0.5) is 10.5 Å². The number of hydrogen-bond acceptors (Lipinski definition) is 3. The van der Waals surface area contributed by atoms with Crippen LogP contribution in [-0.2, 0) is 10.2 Å². The van der Waals surface area contributed by atoms with Crippen LogP contribution in [0.15, 0.2) is 18.2 Å². The van der Waals surface area contributed by atoms with Gasteiger partial charge in [0.05, 0.1) is 11.3 Å². The average molecular weight is 305 g/mol. The molecule has 0 saturated carbocycles. The molecule has 0 fully saturated rings. The highest BCUT2D eigenvalue weighted by Gasteiger charge is 2.36. The van der Waals surface area contributed by atoms with Crippen molar-refractivity contribution in [2.75, 3.05) is 11.4 Å². The number of ether oxygens (including phenoxy) is 1. The SMILES string of the molecule is CC(C)(C)OC(=O)N1CCC(C)(C)c2ccc(C(=O)O)cc21. The number of carboxylic acids is 1. The van der Waals surface area contributed by atoms with Gasteiger partial charge in [-0.3, -0.25) is 4.90 Å². The highest BCUT2D eigenvalue weighted by atomic mass is 16.6. The molecule has 120 valence electrons. The molecule has 1 aliphatic heterocycles. The van der Waals surface area contributed by atoms with Gasteiger partial charge in [0.2, 0.25) is 0 Å². The van der Waals surface area contributed by atoms with E-state index in [-0.39, 0.29) is 11.0 Å². The van der Waals surface area contributed by atoms with Gasteiger partial charge in [-0.25, -0.2) is 9.59 Å². The van der Waals surface area contributed by atoms with E-state index in [1.165, 1.54) is 4.90 Å². The van der Waals surface area contributed by atoms with E-state index >= 15 is 0 Å². The lowest BCUT2D eigenvalue weighted by atomic mass is 9.77. The first-order valence-corrected chi connectivity index (χ1v) is 7.40. The highest BCUT2D eigenvalue weighted by Crippen LogP contribution is 2.40. The lowest BCUT2D eigenvalue weighted by molar-refractivity contribution is 0.0572. The fourth-order valence-corrected chi connectivity index (χ4v) is 2.61. The summed E-state index contributed by atoms with van der Waals surface area (Å²) < 4.78 is 5.44. The third-order valence-corrected chi connectivity index (χ3v) is 3.84. The molecule has 5 nitrogen and oxygen atoms in total. The molecule has 5 heteroatoms. The molecule has 0 atom stereocenters. The van der Waals surface area contributed by atoms with Crippen LogP contribution in [0, 0.1) is 0 Å². The predicted octanol–water partition coefficient (Wildman–Crippen LogP) is 3.81. The van der Waals surface area contributed by atoms with Gasteiger partial charge in [-0.05, 0) is 50.3 Å². The topological polar surface area (TPSA) is 66.8 Å². The Kier molecular flexibility index (Phi) is 3.94. The van der Waals surface area contributed by atoms with E-state index in [2.05, 4.69) is 13.8 Å². The first-order valence-electron chi connectivity index (χ1n) is 7.40. The van der Waals surface area contributed by atoms with E-state index in [0.717, 1.165) is 12.0 Å². The summed E-state index contributed by atoms with van der Waals surface area (Å²) in [5.74, 6) is -1.00. The van der Waals surface area contributed by atoms with Crippen molar-refractivity contribution < 1.29 is 19.4 Å². The van der Waals surface area contributed by atoms with Crippen LogP contribution < -0.4 is 4.90 Å². The van der Waals surface area contributed by atoms with Crippen LogP contribution in [0.3, 0.4) is 0 Å². The van der Waals surface area contributed by atoms with E-state index in [1.807, 2.05) is 20.8 Å². The molecule has 2 rings (SSSR count). The summed E-state index contributed by atoms with van der Waals surface area (Å²) in [7, 11) is 0. The summed E-state index contributed by atoms with van der Waals surface area (Å²) in [6, 6.07) is 4.94. The number of hydrogen-bond donors (Lipinski definition) is 1. The lowest BCUT2D eigenvalue weighted by Crippen LogP contribution is -2.43. The molecule has 1 heterocycles. The predicted molar refractivity (Wildman–Crippen MR) is 84.6 cm³/mol. The van der Waals surface area contributed by atoms with Crippen LogP contribution in [0.1, 0.15) is 57.0 Å². The fourth-order valence-electron chi connectivity index (χ4n) is 2.61. The Morgan fingerprint density at radius 3 is 2.45 bits per heavy atom. The van der Waals surface area contributed by atoms with Gasteiger partial charge in [-0.2, -0.15) is 0 Å². The molecule has 0 radical (unpaired) electrons. The molecule has 1 aliphatic rings. The van der Waals surface area contributed by atoms with Crippen molar-refractivity contribution in [3.05, 3.63) is 29.3 Å². The summed E-state index contributed by atoms with van der Waals surface area (Å²) >= 11 is 0. The maximum Gasteiger partial charge on any atom is 0.414 e. The maximum absolute atomic E-state index is 12.4. The molecular weight excluding hydrogens is 282 g/mol. The Bertz CT molecular complexity index is 614. The number of fused-ring (bicyclic) bond motifs is 1. The summed E-state index contributed by atoms with van der Waals surface area (Å²) in [5.41, 5.74) is 1.07. The molecule has 1 N–H and O–H groups in total. The van der Waals surface area contributed by atoms with Crippen molar-refractivity contribution in [1.29, 1.82) is 0 Å². The molecule has 0 bridgehead atoms. The Labute approximate surface area is 130 Å².